The van der Waals surface area contributed by atoms with E-state index in [1.807, 2.05) is 6.92 Å². The Labute approximate surface area is 96.5 Å². The lowest BCUT2D eigenvalue weighted by Crippen LogP contribution is -2.49. The molecule has 0 amide bonds. The molecule has 0 fully saturated rings. The van der Waals surface area contributed by atoms with Crippen molar-refractivity contribution in [3.8, 4) is 5.75 Å². The van der Waals surface area contributed by atoms with E-state index in [-0.39, 0.29) is 5.75 Å². The van der Waals surface area contributed by atoms with Crippen molar-refractivity contribution >= 4 is 0 Å². The van der Waals surface area contributed by atoms with E-state index in [9.17, 15) is 13.2 Å². The molecule has 0 aromatic heterocycles. The van der Waals surface area contributed by atoms with Gasteiger partial charge in [0, 0.05) is 0 Å². The molecule has 0 aliphatic heterocycles. The van der Waals surface area contributed by atoms with Crippen LogP contribution in [0.1, 0.15) is 12.5 Å². The summed E-state index contributed by atoms with van der Waals surface area (Å²) in [5, 5.41) is 17.4. The van der Waals surface area contributed by atoms with Gasteiger partial charge in [0.05, 0.1) is 0 Å². The molecule has 0 aliphatic rings. The summed E-state index contributed by atoms with van der Waals surface area (Å²) in [7, 11) is 0. The van der Waals surface area contributed by atoms with Crippen LogP contribution in [0.4, 0.5) is 13.2 Å². The van der Waals surface area contributed by atoms with Crippen LogP contribution < -0.4 is 4.74 Å². The predicted molar refractivity (Wildman–Crippen MR) is 54.5 cm³/mol. The van der Waals surface area contributed by atoms with Crippen molar-refractivity contribution in [2.45, 2.75) is 25.3 Å². The van der Waals surface area contributed by atoms with E-state index < -0.39 is 18.6 Å². The van der Waals surface area contributed by atoms with Crippen LogP contribution in [0.5, 0.6) is 5.75 Å². The molecule has 0 heterocycles. The van der Waals surface area contributed by atoms with E-state index in [0.717, 1.165) is 12.0 Å². The molecule has 1 rings (SSSR count). The van der Waals surface area contributed by atoms with Crippen LogP contribution in [-0.2, 0) is 6.42 Å². The van der Waals surface area contributed by atoms with Gasteiger partial charge in [-0.15, -0.1) is 0 Å². The van der Waals surface area contributed by atoms with Gasteiger partial charge in [0.2, 0.25) is 0 Å². The molecule has 1 aromatic rings. The van der Waals surface area contributed by atoms with Crippen molar-refractivity contribution in [3.05, 3.63) is 29.8 Å². The molecule has 6 heteroatoms. The first-order chi connectivity index (χ1) is 7.76. The standard InChI is InChI=1S/C11H13F3O3/c1-2-8-3-5-9(6-4-8)17-7-10(15,16)11(12,13)14/h3-6,15-16H,2,7H2,1H3. The predicted octanol–water partition coefficient (Wildman–Crippen LogP) is 1.87. The van der Waals surface area contributed by atoms with Gasteiger partial charge in [-0.25, -0.2) is 0 Å². The summed E-state index contributed by atoms with van der Waals surface area (Å²) in [5.41, 5.74) is 1.01. The molecule has 17 heavy (non-hydrogen) atoms. The maximum atomic E-state index is 12.1. The van der Waals surface area contributed by atoms with Gasteiger partial charge in [-0.1, -0.05) is 19.1 Å². The van der Waals surface area contributed by atoms with Gasteiger partial charge in [0.1, 0.15) is 5.75 Å². The van der Waals surface area contributed by atoms with Gasteiger partial charge < -0.3 is 14.9 Å². The van der Waals surface area contributed by atoms with Gasteiger partial charge >= 0.3 is 6.18 Å². The number of hydrogen-bond acceptors (Lipinski definition) is 3. The van der Waals surface area contributed by atoms with Crippen LogP contribution in [0.15, 0.2) is 24.3 Å². The molecule has 0 bridgehead atoms. The Morgan fingerprint density at radius 2 is 1.65 bits per heavy atom. The van der Waals surface area contributed by atoms with Crippen molar-refractivity contribution < 1.29 is 28.1 Å². The number of rotatable bonds is 4. The highest BCUT2D eigenvalue weighted by molar-refractivity contribution is 5.27. The SMILES string of the molecule is CCc1ccc(OCC(O)(O)C(F)(F)F)cc1. The van der Waals surface area contributed by atoms with E-state index in [2.05, 4.69) is 4.74 Å². The fourth-order valence-corrected chi connectivity index (χ4v) is 1.09. The third-order valence-corrected chi connectivity index (χ3v) is 2.23. The average Bonchev–Trinajstić information content (AvgIpc) is 2.25. The maximum absolute atomic E-state index is 12.1. The van der Waals surface area contributed by atoms with Gasteiger partial charge in [-0.05, 0) is 24.1 Å². The highest BCUT2D eigenvalue weighted by Gasteiger charge is 2.53. The van der Waals surface area contributed by atoms with Crippen LogP contribution in [0, 0.1) is 0 Å². The summed E-state index contributed by atoms with van der Waals surface area (Å²) < 4.78 is 40.9. The number of aryl methyl sites for hydroxylation is 1. The molecule has 0 spiro atoms. The van der Waals surface area contributed by atoms with E-state index >= 15 is 0 Å². The molecule has 0 atom stereocenters. The lowest BCUT2D eigenvalue weighted by molar-refractivity contribution is -0.355. The molecule has 96 valence electrons. The van der Waals surface area contributed by atoms with Crippen molar-refractivity contribution in [2.75, 3.05) is 6.61 Å². The minimum absolute atomic E-state index is 0.152. The summed E-state index contributed by atoms with van der Waals surface area (Å²) in [6, 6.07) is 6.34. The van der Waals surface area contributed by atoms with Gasteiger partial charge in [0.15, 0.2) is 6.61 Å². The van der Waals surface area contributed by atoms with Gasteiger partial charge in [-0.2, -0.15) is 13.2 Å². The minimum Gasteiger partial charge on any atom is -0.488 e. The Morgan fingerprint density at radius 3 is 2.06 bits per heavy atom. The first-order valence-electron chi connectivity index (χ1n) is 4.99. The first-order valence-corrected chi connectivity index (χ1v) is 4.99. The zero-order valence-corrected chi connectivity index (χ0v) is 9.16. The molecule has 1 aromatic carbocycles. The van der Waals surface area contributed by atoms with E-state index in [1.165, 1.54) is 12.1 Å². The summed E-state index contributed by atoms with van der Waals surface area (Å²) in [4.78, 5) is 0. The highest BCUT2D eigenvalue weighted by Crippen LogP contribution is 2.28. The molecule has 0 radical (unpaired) electrons. The van der Waals surface area contributed by atoms with Crippen LogP contribution in [0.2, 0.25) is 0 Å². The smallest absolute Gasteiger partial charge is 0.446 e. The molecule has 2 N–H and O–H groups in total. The second-order valence-corrected chi connectivity index (χ2v) is 3.60. The Bertz CT molecular complexity index is 357. The number of hydrogen-bond donors (Lipinski definition) is 2. The highest BCUT2D eigenvalue weighted by atomic mass is 19.4. The fraction of sp³-hybridized carbons (Fsp3) is 0.455. The molecule has 0 saturated carbocycles. The van der Waals surface area contributed by atoms with E-state index in [4.69, 9.17) is 10.2 Å². The Morgan fingerprint density at radius 1 is 1.12 bits per heavy atom. The Balaban J connectivity index is 2.61. The third-order valence-electron chi connectivity index (χ3n) is 2.23. The third kappa shape index (κ3) is 3.61. The molecule has 3 nitrogen and oxygen atoms in total. The lowest BCUT2D eigenvalue weighted by atomic mass is 10.2. The van der Waals surface area contributed by atoms with Crippen LogP contribution in [-0.4, -0.2) is 28.8 Å². The largest absolute Gasteiger partial charge is 0.488 e. The average molecular weight is 250 g/mol. The first kappa shape index (κ1) is 13.8. The van der Waals surface area contributed by atoms with Crippen molar-refractivity contribution in [2.24, 2.45) is 0 Å². The molecule has 0 saturated heterocycles. The minimum atomic E-state index is -5.14. The fourth-order valence-electron chi connectivity index (χ4n) is 1.09. The van der Waals surface area contributed by atoms with Crippen molar-refractivity contribution in [1.82, 2.24) is 0 Å². The summed E-state index contributed by atoms with van der Waals surface area (Å²) in [6.07, 6.45) is -4.34. The summed E-state index contributed by atoms with van der Waals surface area (Å²) in [6.45, 7) is 0.675. The van der Waals surface area contributed by atoms with Gasteiger partial charge in [0.25, 0.3) is 5.79 Å². The molecule has 0 unspecified atom stereocenters. The number of alkyl halides is 3. The van der Waals surface area contributed by atoms with Gasteiger partial charge in [-0.3, -0.25) is 0 Å². The second kappa shape index (κ2) is 4.93. The van der Waals surface area contributed by atoms with Crippen molar-refractivity contribution in [1.29, 1.82) is 0 Å². The number of benzene rings is 1. The number of aliphatic hydroxyl groups is 2. The normalized spacial score (nSPS) is 12.6. The van der Waals surface area contributed by atoms with E-state index in [0.29, 0.717) is 0 Å². The Hall–Kier alpha value is -1.27. The lowest BCUT2D eigenvalue weighted by Gasteiger charge is -2.24. The van der Waals surface area contributed by atoms with Crippen LogP contribution in [0.3, 0.4) is 0 Å². The van der Waals surface area contributed by atoms with E-state index in [1.54, 1.807) is 12.1 Å². The van der Waals surface area contributed by atoms with Crippen LogP contribution >= 0.6 is 0 Å². The topological polar surface area (TPSA) is 49.7 Å². The Kier molecular flexibility index (Phi) is 4.00. The number of ether oxygens (including phenoxy) is 1. The van der Waals surface area contributed by atoms with Crippen LogP contribution in [0.25, 0.3) is 0 Å². The summed E-state index contributed by atoms with van der Waals surface area (Å²) in [5.74, 6) is -3.69. The molecular formula is C11H13F3O3. The van der Waals surface area contributed by atoms with Crippen molar-refractivity contribution in [3.63, 3.8) is 0 Å². The monoisotopic (exact) mass is 250 g/mol. The molecule has 0 aliphatic carbocycles. The summed E-state index contributed by atoms with van der Waals surface area (Å²) >= 11 is 0. The second-order valence-electron chi connectivity index (χ2n) is 3.60. The quantitative estimate of drug-likeness (QED) is 0.802. The number of halogens is 3. The zero-order valence-electron chi connectivity index (χ0n) is 9.16. The maximum Gasteiger partial charge on any atom is 0.446 e. The zero-order chi connectivity index (χ0) is 13.1. The molecular weight excluding hydrogens is 237 g/mol.